The molecule has 0 unspecified atom stereocenters. The molecule has 0 saturated carbocycles. The van der Waals surface area contributed by atoms with E-state index in [0.717, 1.165) is 11.3 Å². The highest BCUT2D eigenvalue weighted by Gasteiger charge is 2.12. The number of aromatic hydroxyl groups is 1. The van der Waals surface area contributed by atoms with Gasteiger partial charge in [0.1, 0.15) is 11.5 Å². The number of benzene rings is 2. The van der Waals surface area contributed by atoms with E-state index in [0.29, 0.717) is 11.1 Å². The molecule has 0 radical (unpaired) electrons. The Kier molecular flexibility index (Phi) is 4.61. The zero-order valence-electron chi connectivity index (χ0n) is 11.9. The summed E-state index contributed by atoms with van der Waals surface area (Å²) in [5.74, 6) is 0.459. The number of ether oxygens (including phenoxy) is 2. The summed E-state index contributed by atoms with van der Waals surface area (Å²) in [6.07, 6.45) is 1.73. The quantitative estimate of drug-likeness (QED) is 0.532. The molecule has 0 aliphatic heterocycles. The molecule has 2 rings (SSSR count). The van der Waals surface area contributed by atoms with E-state index in [-0.39, 0.29) is 5.75 Å². The maximum atomic E-state index is 11.9. The van der Waals surface area contributed by atoms with Crippen molar-refractivity contribution < 1.29 is 19.4 Å². The lowest BCUT2D eigenvalue weighted by atomic mass is 10.0. The van der Waals surface area contributed by atoms with Gasteiger partial charge in [-0.2, -0.15) is 0 Å². The van der Waals surface area contributed by atoms with Crippen LogP contribution in [0.4, 0.5) is 0 Å². The van der Waals surface area contributed by atoms with Crippen LogP contribution in [-0.4, -0.2) is 25.3 Å². The minimum absolute atomic E-state index is 0.146. The first-order valence-corrected chi connectivity index (χ1v) is 6.37. The Labute approximate surface area is 123 Å². The maximum Gasteiger partial charge on any atom is 0.338 e. The van der Waals surface area contributed by atoms with Gasteiger partial charge in [-0.3, -0.25) is 0 Å². The molecule has 0 amide bonds. The summed E-state index contributed by atoms with van der Waals surface area (Å²) in [4.78, 5) is 11.9. The zero-order chi connectivity index (χ0) is 15.2. The molecule has 0 aliphatic carbocycles. The first-order valence-electron chi connectivity index (χ1n) is 6.37. The Morgan fingerprint density at radius 2 is 1.62 bits per heavy atom. The molecule has 0 bridgehead atoms. The standard InChI is InChI=1S/C17H16O4/c1-20-15-9-3-12(4-10-15)11-16(17(19)21-2)13-5-7-14(18)8-6-13/h3-11,18H,1-2H3. The number of hydrogen-bond donors (Lipinski definition) is 1. The van der Waals surface area contributed by atoms with Gasteiger partial charge in [0.05, 0.1) is 19.8 Å². The Balaban J connectivity index is 2.41. The van der Waals surface area contributed by atoms with Crippen molar-refractivity contribution in [2.24, 2.45) is 0 Å². The van der Waals surface area contributed by atoms with Gasteiger partial charge in [-0.1, -0.05) is 24.3 Å². The molecule has 21 heavy (non-hydrogen) atoms. The third-order valence-corrected chi connectivity index (χ3v) is 3.01. The Morgan fingerprint density at radius 3 is 2.14 bits per heavy atom. The number of carbonyl (C=O) groups excluding carboxylic acids is 1. The summed E-state index contributed by atoms with van der Waals surface area (Å²) in [6, 6.07) is 13.7. The number of esters is 1. The van der Waals surface area contributed by atoms with Crippen molar-refractivity contribution in [1.29, 1.82) is 0 Å². The molecule has 0 fully saturated rings. The van der Waals surface area contributed by atoms with Gasteiger partial charge in [0.15, 0.2) is 0 Å². The molecule has 0 aromatic heterocycles. The molecule has 4 nitrogen and oxygen atoms in total. The largest absolute Gasteiger partial charge is 0.508 e. The lowest BCUT2D eigenvalue weighted by Crippen LogP contribution is -2.03. The van der Waals surface area contributed by atoms with Crippen LogP contribution in [0.5, 0.6) is 11.5 Å². The molecule has 2 aromatic carbocycles. The molecule has 0 spiro atoms. The van der Waals surface area contributed by atoms with Crippen LogP contribution in [0.15, 0.2) is 48.5 Å². The number of rotatable bonds is 4. The predicted molar refractivity (Wildman–Crippen MR) is 81.0 cm³/mol. The van der Waals surface area contributed by atoms with Crippen molar-refractivity contribution in [2.75, 3.05) is 14.2 Å². The molecule has 0 heterocycles. The number of phenols is 1. The molecular formula is C17H16O4. The average molecular weight is 284 g/mol. The van der Waals surface area contributed by atoms with E-state index in [4.69, 9.17) is 9.47 Å². The second kappa shape index (κ2) is 6.61. The van der Waals surface area contributed by atoms with Crippen LogP contribution >= 0.6 is 0 Å². The third kappa shape index (κ3) is 3.63. The number of methoxy groups -OCH3 is 2. The fraction of sp³-hybridized carbons (Fsp3) is 0.118. The highest BCUT2D eigenvalue weighted by Crippen LogP contribution is 2.23. The van der Waals surface area contributed by atoms with Crippen LogP contribution in [0.2, 0.25) is 0 Å². The van der Waals surface area contributed by atoms with Crippen molar-refractivity contribution in [3.63, 3.8) is 0 Å². The van der Waals surface area contributed by atoms with Gasteiger partial charge in [0.25, 0.3) is 0 Å². The summed E-state index contributed by atoms with van der Waals surface area (Å²) in [6.45, 7) is 0. The molecule has 1 N–H and O–H groups in total. The van der Waals surface area contributed by atoms with Crippen molar-refractivity contribution in [3.8, 4) is 11.5 Å². The maximum absolute atomic E-state index is 11.9. The van der Waals surface area contributed by atoms with E-state index in [1.807, 2.05) is 24.3 Å². The second-order valence-corrected chi connectivity index (χ2v) is 4.37. The average Bonchev–Trinajstić information content (AvgIpc) is 2.53. The van der Waals surface area contributed by atoms with Crippen LogP contribution in [0.25, 0.3) is 11.6 Å². The predicted octanol–water partition coefficient (Wildman–Crippen LogP) is 3.11. The SMILES string of the molecule is COC(=O)C(=Cc1ccc(OC)cc1)c1ccc(O)cc1. The van der Waals surface area contributed by atoms with Gasteiger partial charge in [0, 0.05) is 0 Å². The van der Waals surface area contributed by atoms with Gasteiger partial charge >= 0.3 is 5.97 Å². The van der Waals surface area contributed by atoms with E-state index >= 15 is 0 Å². The van der Waals surface area contributed by atoms with Gasteiger partial charge in [-0.15, -0.1) is 0 Å². The Hall–Kier alpha value is -2.75. The molecule has 2 aromatic rings. The first-order chi connectivity index (χ1) is 10.1. The molecule has 4 heteroatoms. The van der Waals surface area contributed by atoms with Crippen molar-refractivity contribution in [1.82, 2.24) is 0 Å². The minimum atomic E-state index is -0.434. The van der Waals surface area contributed by atoms with Crippen LogP contribution in [-0.2, 0) is 9.53 Å². The molecular weight excluding hydrogens is 268 g/mol. The van der Waals surface area contributed by atoms with Gasteiger partial charge in [0.2, 0.25) is 0 Å². The van der Waals surface area contributed by atoms with Crippen LogP contribution in [0, 0.1) is 0 Å². The second-order valence-electron chi connectivity index (χ2n) is 4.37. The van der Waals surface area contributed by atoms with E-state index in [1.54, 1.807) is 25.3 Å². The van der Waals surface area contributed by atoms with Crippen molar-refractivity contribution >= 4 is 17.6 Å². The topological polar surface area (TPSA) is 55.8 Å². The van der Waals surface area contributed by atoms with Crippen LogP contribution in [0.3, 0.4) is 0 Å². The molecule has 0 aliphatic rings. The van der Waals surface area contributed by atoms with E-state index in [9.17, 15) is 9.90 Å². The summed E-state index contributed by atoms with van der Waals surface area (Å²) in [5, 5.41) is 9.33. The van der Waals surface area contributed by atoms with Gasteiger partial charge < -0.3 is 14.6 Å². The summed E-state index contributed by atoms with van der Waals surface area (Å²) in [5.41, 5.74) is 1.95. The van der Waals surface area contributed by atoms with E-state index in [1.165, 1.54) is 19.2 Å². The Morgan fingerprint density at radius 1 is 1.00 bits per heavy atom. The lowest BCUT2D eigenvalue weighted by Gasteiger charge is -2.07. The summed E-state index contributed by atoms with van der Waals surface area (Å²) < 4.78 is 9.92. The first kappa shape index (κ1) is 14.7. The number of phenolic OH excluding ortho intramolecular Hbond substituents is 1. The molecule has 108 valence electrons. The fourth-order valence-corrected chi connectivity index (χ4v) is 1.88. The summed E-state index contributed by atoms with van der Waals surface area (Å²) in [7, 11) is 2.94. The van der Waals surface area contributed by atoms with Crippen molar-refractivity contribution in [3.05, 3.63) is 59.7 Å². The monoisotopic (exact) mass is 284 g/mol. The van der Waals surface area contributed by atoms with Crippen LogP contribution < -0.4 is 4.74 Å². The number of hydrogen-bond acceptors (Lipinski definition) is 4. The highest BCUT2D eigenvalue weighted by atomic mass is 16.5. The van der Waals surface area contributed by atoms with E-state index < -0.39 is 5.97 Å². The van der Waals surface area contributed by atoms with Gasteiger partial charge in [-0.25, -0.2) is 4.79 Å². The zero-order valence-corrected chi connectivity index (χ0v) is 11.9. The summed E-state index contributed by atoms with van der Waals surface area (Å²) >= 11 is 0. The Bertz CT molecular complexity index is 639. The normalized spacial score (nSPS) is 11.0. The number of carbonyl (C=O) groups is 1. The van der Waals surface area contributed by atoms with Crippen molar-refractivity contribution in [2.45, 2.75) is 0 Å². The smallest absolute Gasteiger partial charge is 0.338 e. The van der Waals surface area contributed by atoms with Crippen LogP contribution in [0.1, 0.15) is 11.1 Å². The molecule has 0 saturated heterocycles. The molecule has 0 atom stereocenters. The highest BCUT2D eigenvalue weighted by molar-refractivity contribution is 6.21. The lowest BCUT2D eigenvalue weighted by molar-refractivity contribution is -0.133. The van der Waals surface area contributed by atoms with Gasteiger partial charge in [-0.05, 0) is 41.5 Å². The minimum Gasteiger partial charge on any atom is -0.508 e. The third-order valence-electron chi connectivity index (χ3n) is 3.01. The van der Waals surface area contributed by atoms with E-state index in [2.05, 4.69) is 0 Å². The fourth-order valence-electron chi connectivity index (χ4n) is 1.88.